The summed E-state index contributed by atoms with van der Waals surface area (Å²) in [4.78, 5) is 21.3. The van der Waals surface area contributed by atoms with Gasteiger partial charge in [-0.2, -0.15) is 0 Å². The number of hydrogen-bond acceptors (Lipinski definition) is 3. The van der Waals surface area contributed by atoms with E-state index in [4.69, 9.17) is 4.99 Å². The van der Waals surface area contributed by atoms with Gasteiger partial charge in [-0.3, -0.25) is 9.69 Å². The van der Waals surface area contributed by atoms with Crippen LogP contribution in [-0.2, 0) is 17.9 Å². The molecule has 2 aliphatic rings. The molecule has 2 saturated heterocycles. The minimum atomic E-state index is 0. The molecule has 0 bridgehead atoms. The molecular formula is C23H38IN5O. The predicted octanol–water partition coefficient (Wildman–Crippen LogP) is 3.36. The van der Waals surface area contributed by atoms with E-state index in [9.17, 15) is 4.79 Å². The summed E-state index contributed by atoms with van der Waals surface area (Å²) in [5, 5.41) is 6.90. The van der Waals surface area contributed by atoms with Crippen molar-refractivity contribution < 1.29 is 4.79 Å². The van der Waals surface area contributed by atoms with Gasteiger partial charge in [-0.25, -0.2) is 4.99 Å². The van der Waals surface area contributed by atoms with Crippen LogP contribution in [0.25, 0.3) is 0 Å². The minimum Gasteiger partial charge on any atom is -0.357 e. The third-order valence-corrected chi connectivity index (χ3v) is 5.90. The monoisotopic (exact) mass is 527 g/mol. The van der Waals surface area contributed by atoms with E-state index in [0.717, 1.165) is 38.6 Å². The Labute approximate surface area is 198 Å². The molecular weight excluding hydrogens is 489 g/mol. The number of nitrogens with zero attached hydrogens (tertiary/aromatic N) is 3. The number of rotatable bonds is 7. The number of guanidine groups is 1. The van der Waals surface area contributed by atoms with Crippen LogP contribution >= 0.6 is 24.0 Å². The van der Waals surface area contributed by atoms with Crippen molar-refractivity contribution in [3.05, 3.63) is 35.4 Å². The lowest BCUT2D eigenvalue weighted by molar-refractivity contribution is -0.129. The van der Waals surface area contributed by atoms with Crippen LogP contribution in [-0.4, -0.2) is 60.4 Å². The highest BCUT2D eigenvalue weighted by molar-refractivity contribution is 14.0. The van der Waals surface area contributed by atoms with Crippen LogP contribution in [0.1, 0.15) is 57.1 Å². The Morgan fingerprint density at radius 1 is 1.10 bits per heavy atom. The molecule has 0 aromatic heterocycles. The van der Waals surface area contributed by atoms with Crippen molar-refractivity contribution in [3.63, 3.8) is 0 Å². The summed E-state index contributed by atoms with van der Waals surface area (Å²) in [5.74, 6) is 1.08. The molecule has 1 atom stereocenters. The zero-order valence-corrected chi connectivity index (χ0v) is 20.9. The number of likely N-dealkylation sites (tertiary alicyclic amines) is 2. The van der Waals surface area contributed by atoms with Crippen LogP contribution in [0.15, 0.2) is 29.3 Å². The molecule has 30 heavy (non-hydrogen) atoms. The molecule has 0 radical (unpaired) electrons. The van der Waals surface area contributed by atoms with Gasteiger partial charge in [0.15, 0.2) is 5.96 Å². The number of halogens is 1. The van der Waals surface area contributed by atoms with E-state index in [1.165, 1.54) is 43.5 Å². The number of benzene rings is 1. The van der Waals surface area contributed by atoms with E-state index >= 15 is 0 Å². The molecule has 2 heterocycles. The highest BCUT2D eigenvalue weighted by Gasteiger charge is 2.25. The molecule has 0 spiro atoms. The second kappa shape index (κ2) is 13.1. The molecule has 1 amide bonds. The van der Waals surface area contributed by atoms with E-state index in [2.05, 4.69) is 46.7 Å². The summed E-state index contributed by atoms with van der Waals surface area (Å²) >= 11 is 0. The second-order valence-corrected chi connectivity index (χ2v) is 8.12. The zero-order valence-electron chi connectivity index (χ0n) is 18.5. The first kappa shape index (κ1) is 24.9. The van der Waals surface area contributed by atoms with Gasteiger partial charge in [0.05, 0.1) is 6.54 Å². The highest BCUT2D eigenvalue weighted by atomic mass is 127. The Kier molecular flexibility index (Phi) is 10.9. The van der Waals surface area contributed by atoms with Crippen molar-refractivity contribution in [3.8, 4) is 0 Å². The fourth-order valence-corrected chi connectivity index (χ4v) is 4.23. The molecule has 3 rings (SSSR count). The van der Waals surface area contributed by atoms with Crippen LogP contribution in [0, 0.1) is 0 Å². The number of piperidine rings is 1. The number of amides is 1. The summed E-state index contributed by atoms with van der Waals surface area (Å²) in [5.41, 5.74) is 2.68. The van der Waals surface area contributed by atoms with Crippen molar-refractivity contribution in [1.82, 2.24) is 20.4 Å². The summed E-state index contributed by atoms with van der Waals surface area (Å²) in [6.07, 6.45) is 5.54. The maximum atomic E-state index is 11.9. The van der Waals surface area contributed by atoms with Gasteiger partial charge in [0.25, 0.3) is 0 Å². The molecule has 1 aromatic carbocycles. The molecule has 1 aromatic rings. The van der Waals surface area contributed by atoms with Crippen LogP contribution < -0.4 is 10.6 Å². The minimum absolute atomic E-state index is 0. The molecule has 7 heteroatoms. The molecule has 1 unspecified atom stereocenters. The average molecular weight is 527 g/mol. The van der Waals surface area contributed by atoms with Gasteiger partial charge in [-0.05, 0) is 50.4 Å². The Bertz CT molecular complexity index is 690. The van der Waals surface area contributed by atoms with Crippen LogP contribution in [0.5, 0.6) is 0 Å². The largest absolute Gasteiger partial charge is 0.357 e. The van der Waals surface area contributed by atoms with Crippen molar-refractivity contribution >= 4 is 35.8 Å². The zero-order chi connectivity index (χ0) is 20.5. The predicted molar refractivity (Wildman–Crippen MR) is 134 cm³/mol. The molecule has 0 saturated carbocycles. The summed E-state index contributed by atoms with van der Waals surface area (Å²) in [6, 6.07) is 8.95. The SMILES string of the molecule is CCNC(=NCc1ccccc1CN1CCCCC1)NC1CCN(C(=O)CC)C1.I. The van der Waals surface area contributed by atoms with Gasteiger partial charge in [0.2, 0.25) is 5.91 Å². The van der Waals surface area contributed by atoms with Crippen molar-refractivity contribution in [2.75, 3.05) is 32.7 Å². The average Bonchev–Trinajstić information content (AvgIpc) is 3.22. The van der Waals surface area contributed by atoms with Crippen molar-refractivity contribution in [2.24, 2.45) is 4.99 Å². The number of carbonyl (C=O) groups excluding carboxylic acids is 1. The normalized spacial score (nSPS) is 20.0. The summed E-state index contributed by atoms with van der Waals surface area (Å²) in [7, 11) is 0. The first-order chi connectivity index (χ1) is 14.2. The topological polar surface area (TPSA) is 60.0 Å². The first-order valence-corrected chi connectivity index (χ1v) is 11.3. The van der Waals surface area contributed by atoms with Crippen molar-refractivity contribution in [1.29, 1.82) is 0 Å². The highest BCUT2D eigenvalue weighted by Crippen LogP contribution is 2.17. The lowest BCUT2D eigenvalue weighted by Gasteiger charge is -2.27. The standard InChI is InChI=1S/C23H37N5O.HI/c1-3-22(29)28-15-12-21(18-28)26-23(24-4-2)25-16-19-10-6-7-11-20(19)17-27-13-8-5-9-14-27;/h6-7,10-11,21H,3-5,8-9,12-18H2,1-2H3,(H2,24,25,26);1H. The van der Waals surface area contributed by atoms with E-state index in [-0.39, 0.29) is 35.9 Å². The fourth-order valence-electron chi connectivity index (χ4n) is 4.23. The first-order valence-electron chi connectivity index (χ1n) is 11.3. The molecule has 0 aliphatic carbocycles. The molecule has 6 nitrogen and oxygen atoms in total. The molecule has 2 N–H and O–H groups in total. The Morgan fingerprint density at radius 2 is 1.83 bits per heavy atom. The summed E-state index contributed by atoms with van der Waals surface area (Å²) < 4.78 is 0. The number of nitrogens with one attached hydrogen (secondary N) is 2. The Balaban J connectivity index is 0.00000320. The third-order valence-electron chi connectivity index (χ3n) is 5.90. The van der Waals surface area contributed by atoms with Crippen LogP contribution in [0.4, 0.5) is 0 Å². The number of carbonyl (C=O) groups is 1. The van der Waals surface area contributed by atoms with E-state index in [1.807, 2.05) is 11.8 Å². The third kappa shape index (κ3) is 7.41. The van der Waals surface area contributed by atoms with E-state index in [1.54, 1.807) is 0 Å². The van der Waals surface area contributed by atoms with Gasteiger partial charge in [0.1, 0.15) is 0 Å². The number of hydrogen-bond donors (Lipinski definition) is 2. The second-order valence-electron chi connectivity index (χ2n) is 8.12. The maximum Gasteiger partial charge on any atom is 0.222 e. The van der Waals surface area contributed by atoms with E-state index in [0.29, 0.717) is 13.0 Å². The van der Waals surface area contributed by atoms with Crippen LogP contribution in [0.2, 0.25) is 0 Å². The van der Waals surface area contributed by atoms with Gasteiger partial charge < -0.3 is 15.5 Å². The summed E-state index contributed by atoms with van der Waals surface area (Å²) in [6.45, 7) is 10.5. The smallest absolute Gasteiger partial charge is 0.222 e. The van der Waals surface area contributed by atoms with Crippen molar-refractivity contribution in [2.45, 2.75) is 65.1 Å². The number of aliphatic imine (C=N–C) groups is 1. The van der Waals surface area contributed by atoms with Gasteiger partial charge in [0, 0.05) is 38.6 Å². The quantitative estimate of drug-likeness (QED) is 0.325. The van der Waals surface area contributed by atoms with Gasteiger partial charge in [-0.15, -0.1) is 24.0 Å². The maximum absolute atomic E-state index is 11.9. The lowest BCUT2D eigenvalue weighted by Crippen LogP contribution is -2.45. The van der Waals surface area contributed by atoms with E-state index < -0.39 is 0 Å². The van der Waals surface area contributed by atoms with Gasteiger partial charge in [-0.1, -0.05) is 37.6 Å². The molecule has 2 fully saturated rings. The molecule has 168 valence electrons. The molecule has 2 aliphatic heterocycles. The Morgan fingerprint density at radius 3 is 2.53 bits per heavy atom. The van der Waals surface area contributed by atoms with Crippen LogP contribution in [0.3, 0.4) is 0 Å². The van der Waals surface area contributed by atoms with Gasteiger partial charge >= 0.3 is 0 Å². The lowest BCUT2D eigenvalue weighted by atomic mass is 10.1. The fraction of sp³-hybridized carbons (Fsp3) is 0.652. The Hall–Kier alpha value is -1.35.